The molecule has 0 radical (unpaired) electrons. The number of fused-ring (bicyclic) bond motifs is 1. The van der Waals surface area contributed by atoms with Crippen LogP contribution in [-0.2, 0) is 7.05 Å². The quantitative estimate of drug-likeness (QED) is 0.388. The molecule has 0 fully saturated rings. The van der Waals surface area contributed by atoms with E-state index in [2.05, 4.69) is 10.3 Å². The number of rotatable bonds is 6. The molecule has 0 unspecified atom stereocenters. The molecule has 1 atom stereocenters. The molecule has 2 aromatic carbocycles. The van der Waals surface area contributed by atoms with Crippen molar-refractivity contribution < 1.29 is 18.9 Å². The highest BCUT2D eigenvalue weighted by Crippen LogP contribution is 2.41. The van der Waals surface area contributed by atoms with Gasteiger partial charge in [0.15, 0.2) is 0 Å². The van der Waals surface area contributed by atoms with Gasteiger partial charge in [-0.2, -0.15) is 4.74 Å². The van der Waals surface area contributed by atoms with Gasteiger partial charge in [0.2, 0.25) is 5.91 Å². The third-order valence-corrected chi connectivity index (χ3v) is 6.85. The van der Waals surface area contributed by atoms with Crippen LogP contribution in [0.5, 0.6) is 0 Å². The molecule has 198 valence electrons. The third kappa shape index (κ3) is 4.39. The summed E-state index contributed by atoms with van der Waals surface area (Å²) in [5.74, 6) is -0.839. The van der Waals surface area contributed by atoms with Gasteiger partial charge in [-0.3, -0.25) is 19.2 Å². The van der Waals surface area contributed by atoms with Crippen LogP contribution in [0.1, 0.15) is 67.6 Å². The molecular formula is C29H27N5O5. The number of amides is 3. The molecule has 0 saturated carbocycles. The highest BCUT2D eigenvalue weighted by Gasteiger charge is 2.40. The van der Waals surface area contributed by atoms with E-state index >= 15 is 0 Å². The van der Waals surface area contributed by atoms with E-state index in [-0.39, 0.29) is 22.7 Å². The van der Waals surface area contributed by atoms with E-state index in [0.717, 1.165) is 0 Å². The lowest BCUT2D eigenvalue weighted by Gasteiger charge is -2.25. The Morgan fingerprint density at radius 1 is 1.08 bits per heavy atom. The zero-order valence-electron chi connectivity index (χ0n) is 21.9. The smallest absolute Gasteiger partial charge is 0.290 e. The van der Waals surface area contributed by atoms with Crippen LogP contribution in [0.2, 0.25) is 0 Å². The molecular weight excluding hydrogens is 498 g/mol. The molecule has 0 saturated heterocycles. The maximum absolute atomic E-state index is 13.7. The van der Waals surface area contributed by atoms with Gasteiger partial charge in [-0.1, -0.05) is 25.1 Å². The maximum Gasteiger partial charge on any atom is 0.290 e. The third-order valence-electron chi connectivity index (χ3n) is 6.85. The predicted octanol–water partition coefficient (Wildman–Crippen LogP) is 4.12. The fourth-order valence-corrected chi connectivity index (χ4v) is 5.11. The molecule has 3 N–H and O–H groups in total. The Balaban J connectivity index is 1.51. The lowest BCUT2D eigenvalue weighted by Crippen LogP contribution is -2.28. The van der Waals surface area contributed by atoms with Gasteiger partial charge >= 0.3 is 0 Å². The second-order valence-electron chi connectivity index (χ2n) is 9.44. The van der Waals surface area contributed by atoms with Crippen LogP contribution in [-0.4, -0.2) is 27.4 Å². The summed E-state index contributed by atoms with van der Waals surface area (Å²) in [5, 5.41) is 2.78. The van der Waals surface area contributed by atoms with Crippen molar-refractivity contribution in [3.63, 3.8) is 0 Å². The number of benzene rings is 2. The number of anilines is 2. The van der Waals surface area contributed by atoms with Crippen LogP contribution >= 0.6 is 0 Å². The first kappa shape index (κ1) is 25.7. The average Bonchev–Trinajstić information content (AvgIpc) is 3.34. The van der Waals surface area contributed by atoms with Gasteiger partial charge in [-0.05, 0) is 62.2 Å². The number of aromatic nitrogens is 2. The van der Waals surface area contributed by atoms with Crippen molar-refractivity contribution in [1.29, 1.82) is 0 Å². The lowest BCUT2D eigenvalue weighted by atomic mass is 9.99. The maximum atomic E-state index is 13.7. The number of nitrogens with one attached hydrogen (secondary N) is 1. The molecule has 3 amide bonds. The Labute approximate surface area is 224 Å². The van der Waals surface area contributed by atoms with Crippen molar-refractivity contribution in [1.82, 2.24) is 9.72 Å². The monoisotopic (exact) mass is 525 g/mol. The summed E-state index contributed by atoms with van der Waals surface area (Å²) >= 11 is 0. The number of hydrogen-bond acceptors (Lipinski definition) is 6. The molecule has 0 aliphatic carbocycles. The molecule has 3 heterocycles. The molecule has 0 bridgehead atoms. The normalized spacial score (nSPS) is 14.4. The Kier molecular flexibility index (Phi) is 6.39. The minimum absolute atomic E-state index is 0.145. The SMILES string of the molecule is CC[C@@H]1c2c(cc(C)nc2C(=O)Nc2cccc(C(N)=O)c2)C(=O)N1c1ccc(-c2c(C)on(C)c2=O)cc1. The van der Waals surface area contributed by atoms with E-state index in [9.17, 15) is 19.2 Å². The van der Waals surface area contributed by atoms with Crippen molar-refractivity contribution in [3.8, 4) is 11.1 Å². The molecule has 39 heavy (non-hydrogen) atoms. The van der Waals surface area contributed by atoms with E-state index in [0.29, 0.717) is 51.5 Å². The molecule has 2 aromatic heterocycles. The summed E-state index contributed by atoms with van der Waals surface area (Å²) in [5.41, 5.74) is 9.17. The van der Waals surface area contributed by atoms with Crippen LogP contribution in [0, 0.1) is 13.8 Å². The number of nitrogens with two attached hydrogens (primary N) is 1. The van der Waals surface area contributed by atoms with Gasteiger partial charge in [0.05, 0.1) is 11.6 Å². The summed E-state index contributed by atoms with van der Waals surface area (Å²) in [4.78, 5) is 57.3. The summed E-state index contributed by atoms with van der Waals surface area (Å²) in [6.07, 6.45) is 0.532. The largest absolute Gasteiger partial charge is 0.381 e. The zero-order chi connectivity index (χ0) is 28.0. The van der Waals surface area contributed by atoms with Crippen LogP contribution in [0.3, 0.4) is 0 Å². The van der Waals surface area contributed by atoms with E-state index in [1.165, 1.54) is 10.8 Å². The average molecular weight is 526 g/mol. The van der Waals surface area contributed by atoms with Crippen LogP contribution in [0.25, 0.3) is 11.1 Å². The minimum Gasteiger partial charge on any atom is -0.381 e. The van der Waals surface area contributed by atoms with Crippen molar-refractivity contribution in [2.75, 3.05) is 10.2 Å². The highest BCUT2D eigenvalue weighted by molar-refractivity contribution is 6.15. The molecule has 10 nitrogen and oxygen atoms in total. The van der Waals surface area contributed by atoms with Crippen LogP contribution in [0.4, 0.5) is 11.4 Å². The molecule has 1 aliphatic rings. The standard InChI is InChI=1S/C29H27N5O5/c1-5-22-24-21(13-15(2)31-25(24)27(36)32-19-8-6-7-18(14-19)26(30)35)28(37)34(22)20-11-9-17(10-12-20)23-16(3)39-33(4)29(23)38/h6-14,22H,5H2,1-4H3,(H2,30,35)(H,32,36)/t22-/m1/s1. The first-order chi connectivity index (χ1) is 18.6. The van der Waals surface area contributed by atoms with Gasteiger partial charge in [-0.15, -0.1) is 0 Å². The number of nitrogens with zero attached hydrogens (tertiary/aromatic N) is 3. The number of primary amides is 1. The Morgan fingerprint density at radius 2 is 1.79 bits per heavy atom. The van der Waals surface area contributed by atoms with Gasteiger partial charge in [0.1, 0.15) is 11.5 Å². The summed E-state index contributed by atoms with van der Waals surface area (Å²) in [6.45, 7) is 5.39. The van der Waals surface area contributed by atoms with Crippen molar-refractivity contribution in [3.05, 3.63) is 98.8 Å². The zero-order valence-corrected chi connectivity index (χ0v) is 21.9. The van der Waals surface area contributed by atoms with Gasteiger partial charge in [0, 0.05) is 40.8 Å². The van der Waals surface area contributed by atoms with E-state index in [1.54, 1.807) is 74.3 Å². The van der Waals surface area contributed by atoms with Crippen molar-refractivity contribution in [2.24, 2.45) is 12.8 Å². The Bertz CT molecular complexity index is 1700. The number of aryl methyl sites for hydroxylation is 3. The van der Waals surface area contributed by atoms with E-state index in [4.69, 9.17) is 10.3 Å². The molecule has 0 spiro atoms. The van der Waals surface area contributed by atoms with E-state index < -0.39 is 17.9 Å². The number of pyridine rings is 1. The van der Waals surface area contributed by atoms with Crippen LogP contribution < -0.4 is 21.5 Å². The number of carbonyl (C=O) groups excluding carboxylic acids is 3. The number of carbonyl (C=O) groups is 3. The van der Waals surface area contributed by atoms with Crippen LogP contribution in [0.15, 0.2) is 63.9 Å². The predicted molar refractivity (Wildman–Crippen MR) is 146 cm³/mol. The molecule has 1 aliphatic heterocycles. The van der Waals surface area contributed by atoms with Crippen molar-refractivity contribution in [2.45, 2.75) is 33.2 Å². The topological polar surface area (TPSA) is 141 Å². The first-order valence-electron chi connectivity index (χ1n) is 12.4. The lowest BCUT2D eigenvalue weighted by molar-refractivity contribution is 0.0986. The molecule has 4 aromatic rings. The Morgan fingerprint density at radius 3 is 2.41 bits per heavy atom. The number of hydrogen-bond donors (Lipinski definition) is 2. The summed E-state index contributed by atoms with van der Waals surface area (Å²) < 4.78 is 6.58. The van der Waals surface area contributed by atoms with Gasteiger partial charge in [0.25, 0.3) is 17.4 Å². The molecule has 10 heteroatoms. The Hall–Kier alpha value is -4.99. The molecule has 5 rings (SSSR count). The second-order valence-corrected chi connectivity index (χ2v) is 9.44. The summed E-state index contributed by atoms with van der Waals surface area (Å²) in [7, 11) is 1.55. The van der Waals surface area contributed by atoms with E-state index in [1.807, 2.05) is 6.92 Å². The van der Waals surface area contributed by atoms with Gasteiger partial charge < -0.3 is 20.5 Å². The van der Waals surface area contributed by atoms with Crippen molar-refractivity contribution >= 4 is 29.1 Å². The first-order valence-corrected chi connectivity index (χ1v) is 12.4. The second kappa shape index (κ2) is 9.71. The minimum atomic E-state index is -0.609. The fraction of sp³-hybridized carbons (Fsp3) is 0.207. The summed E-state index contributed by atoms with van der Waals surface area (Å²) in [6, 6.07) is 14.7. The van der Waals surface area contributed by atoms with Gasteiger partial charge in [-0.25, -0.2) is 4.98 Å². The fourth-order valence-electron chi connectivity index (χ4n) is 5.11. The highest BCUT2D eigenvalue weighted by atomic mass is 16.5.